The van der Waals surface area contributed by atoms with Gasteiger partial charge in [-0.05, 0) is 48.5 Å². The SMILES string of the molecule is N#Cc1c(NC(=O)c2ccc(Cl)cc2)n(-c2ccccc2)c2nc3ccccc3nc12. The Bertz CT molecular complexity index is 1480. The van der Waals surface area contributed by atoms with Gasteiger partial charge in [0.25, 0.3) is 5.91 Å². The summed E-state index contributed by atoms with van der Waals surface area (Å²) in [5.74, 6) is -0.0448. The van der Waals surface area contributed by atoms with Crippen molar-refractivity contribution in [1.29, 1.82) is 5.26 Å². The van der Waals surface area contributed by atoms with Gasteiger partial charge in [0.2, 0.25) is 0 Å². The molecule has 1 amide bonds. The molecule has 0 unspecified atom stereocenters. The first-order chi connectivity index (χ1) is 15.2. The van der Waals surface area contributed by atoms with E-state index in [0.717, 1.165) is 5.69 Å². The van der Waals surface area contributed by atoms with E-state index in [0.29, 0.717) is 38.6 Å². The van der Waals surface area contributed by atoms with E-state index >= 15 is 0 Å². The van der Waals surface area contributed by atoms with E-state index in [2.05, 4.69) is 16.4 Å². The van der Waals surface area contributed by atoms with Crippen molar-refractivity contribution in [3.8, 4) is 11.8 Å². The van der Waals surface area contributed by atoms with Crippen LogP contribution < -0.4 is 5.32 Å². The molecule has 5 aromatic rings. The third kappa shape index (κ3) is 3.27. The van der Waals surface area contributed by atoms with Crippen LogP contribution in [0.4, 0.5) is 5.82 Å². The van der Waals surface area contributed by atoms with Crippen LogP contribution in [0.1, 0.15) is 15.9 Å². The molecule has 1 N–H and O–H groups in total. The van der Waals surface area contributed by atoms with Gasteiger partial charge in [-0.1, -0.05) is 41.9 Å². The number of carbonyl (C=O) groups excluding carboxylic acids is 1. The van der Waals surface area contributed by atoms with Gasteiger partial charge >= 0.3 is 0 Å². The summed E-state index contributed by atoms with van der Waals surface area (Å²) in [5.41, 5.74) is 3.72. The Balaban J connectivity index is 1.77. The monoisotopic (exact) mass is 423 g/mol. The minimum Gasteiger partial charge on any atom is -0.306 e. The number of amides is 1. The lowest BCUT2D eigenvalue weighted by Gasteiger charge is -2.12. The molecule has 0 saturated carbocycles. The van der Waals surface area contributed by atoms with Crippen LogP contribution in [0.5, 0.6) is 0 Å². The second-order valence-electron chi connectivity index (χ2n) is 6.85. The highest BCUT2D eigenvalue weighted by Gasteiger charge is 2.23. The molecule has 2 heterocycles. The summed E-state index contributed by atoms with van der Waals surface area (Å²) in [7, 11) is 0. The molecule has 0 aliphatic heterocycles. The number of fused-ring (bicyclic) bond motifs is 2. The van der Waals surface area contributed by atoms with Crippen molar-refractivity contribution in [1.82, 2.24) is 14.5 Å². The number of halogens is 1. The van der Waals surface area contributed by atoms with Gasteiger partial charge < -0.3 is 5.32 Å². The van der Waals surface area contributed by atoms with E-state index in [1.54, 1.807) is 28.8 Å². The molecule has 0 atom stereocenters. The van der Waals surface area contributed by atoms with Crippen LogP contribution in [0.15, 0.2) is 78.9 Å². The lowest BCUT2D eigenvalue weighted by Crippen LogP contribution is -2.15. The minimum atomic E-state index is -0.363. The van der Waals surface area contributed by atoms with Gasteiger partial charge in [0.15, 0.2) is 5.65 Å². The fourth-order valence-corrected chi connectivity index (χ4v) is 3.60. The smallest absolute Gasteiger partial charge is 0.256 e. The number of para-hydroxylation sites is 3. The first-order valence-corrected chi connectivity index (χ1v) is 9.87. The number of hydrogen-bond donors (Lipinski definition) is 1. The van der Waals surface area contributed by atoms with Crippen molar-refractivity contribution in [2.75, 3.05) is 5.32 Å². The van der Waals surface area contributed by atoms with Gasteiger partial charge in [0.05, 0.1) is 11.0 Å². The maximum absolute atomic E-state index is 13.0. The van der Waals surface area contributed by atoms with E-state index in [1.807, 2.05) is 54.6 Å². The highest BCUT2D eigenvalue weighted by molar-refractivity contribution is 6.30. The molecule has 6 nitrogen and oxygen atoms in total. The number of nitriles is 1. The Kier molecular flexibility index (Phi) is 4.58. The minimum absolute atomic E-state index is 0.249. The lowest BCUT2D eigenvalue weighted by molar-refractivity contribution is 0.102. The molecule has 3 aromatic carbocycles. The van der Waals surface area contributed by atoms with Crippen LogP contribution in [0.25, 0.3) is 27.9 Å². The molecule has 2 aromatic heterocycles. The van der Waals surface area contributed by atoms with Crippen LogP contribution in [-0.4, -0.2) is 20.4 Å². The summed E-state index contributed by atoms with van der Waals surface area (Å²) in [6.07, 6.45) is 0. The third-order valence-corrected chi connectivity index (χ3v) is 5.18. The van der Waals surface area contributed by atoms with E-state index in [1.165, 1.54) is 0 Å². The maximum Gasteiger partial charge on any atom is 0.256 e. The second-order valence-corrected chi connectivity index (χ2v) is 7.29. The molecule has 0 radical (unpaired) electrons. The summed E-state index contributed by atoms with van der Waals surface area (Å²) in [4.78, 5) is 22.4. The predicted octanol–water partition coefficient (Wildman–Crippen LogP) is 5.35. The molecule has 5 rings (SSSR count). The van der Waals surface area contributed by atoms with Crippen molar-refractivity contribution in [3.05, 3.63) is 95.0 Å². The topological polar surface area (TPSA) is 83.6 Å². The Hall–Kier alpha value is -4.21. The molecule has 0 aliphatic rings. The lowest BCUT2D eigenvalue weighted by atomic mass is 10.2. The van der Waals surface area contributed by atoms with Gasteiger partial charge in [0.1, 0.15) is 23.0 Å². The molecule has 0 fully saturated rings. The third-order valence-electron chi connectivity index (χ3n) is 4.93. The predicted molar refractivity (Wildman–Crippen MR) is 120 cm³/mol. The van der Waals surface area contributed by atoms with Crippen molar-refractivity contribution in [2.45, 2.75) is 0 Å². The normalized spacial score (nSPS) is 10.8. The molecule has 148 valence electrons. The standard InChI is InChI=1S/C24H14ClN5O/c25-16-12-10-15(11-13-16)24(31)29-22-18(14-26)21-23(30(22)17-6-2-1-3-7-17)28-20-9-5-4-8-19(20)27-21/h1-13H,(H,29,31). The van der Waals surface area contributed by atoms with E-state index in [4.69, 9.17) is 16.6 Å². The van der Waals surface area contributed by atoms with Crippen LogP contribution >= 0.6 is 11.6 Å². The van der Waals surface area contributed by atoms with Crippen molar-refractivity contribution < 1.29 is 4.79 Å². The molecule has 31 heavy (non-hydrogen) atoms. The fourth-order valence-electron chi connectivity index (χ4n) is 3.48. The van der Waals surface area contributed by atoms with E-state index < -0.39 is 0 Å². The molecule has 0 spiro atoms. The Morgan fingerprint density at radius 2 is 1.55 bits per heavy atom. The number of anilines is 1. The first-order valence-electron chi connectivity index (χ1n) is 9.49. The van der Waals surface area contributed by atoms with E-state index in [9.17, 15) is 10.1 Å². The Morgan fingerprint density at radius 1 is 0.903 bits per heavy atom. The Labute approximate surface area is 182 Å². The number of carbonyl (C=O) groups is 1. The number of aromatic nitrogens is 3. The summed E-state index contributed by atoms with van der Waals surface area (Å²) >= 11 is 5.94. The van der Waals surface area contributed by atoms with Crippen molar-refractivity contribution in [3.63, 3.8) is 0 Å². The quantitative estimate of drug-likeness (QED) is 0.424. The summed E-state index contributed by atoms with van der Waals surface area (Å²) < 4.78 is 1.75. The average molecular weight is 424 g/mol. The maximum atomic E-state index is 13.0. The number of rotatable bonds is 3. The summed E-state index contributed by atoms with van der Waals surface area (Å²) in [6, 6.07) is 25.6. The fraction of sp³-hybridized carbons (Fsp3) is 0. The zero-order chi connectivity index (χ0) is 21.4. The molecule has 0 bridgehead atoms. The number of hydrogen-bond acceptors (Lipinski definition) is 4. The Morgan fingerprint density at radius 3 is 2.23 bits per heavy atom. The van der Waals surface area contributed by atoms with Crippen LogP contribution in [0.2, 0.25) is 5.02 Å². The van der Waals surface area contributed by atoms with Gasteiger partial charge in [0, 0.05) is 16.3 Å². The van der Waals surface area contributed by atoms with Crippen molar-refractivity contribution in [2.24, 2.45) is 0 Å². The highest BCUT2D eigenvalue weighted by atomic mass is 35.5. The van der Waals surface area contributed by atoms with Gasteiger partial charge in [-0.3, -0.25) is 9.36 Å². The van der Waals surface area contributed by atoms with Crippen LogP contribution in [0, 0.1) is 11.3 Å². The molecular formula is C24H14ClN5O. The zero-order valence-electron chi connectivity index (χ0n) is 16.1. The highest BCUT2D eigenvalue weighted by Crippen LogP contribution is 2.32. The summed E-state index contributed by atoms with van der Waals surface area (Å²) in [5, 5.41) is 13.4. The van der Waals surface area contributed by atoms with Gasteiger partial charge in [-0.25, -0.2) is 9.97 Å². The number of nitrogens with one attached hydrogen (secondary N) is 1. The van der Waals surface area contributed by atoms with Crippen molar-refractivity contribution >= 4 is 45.5 Å². The molecule has 0 saturated heterocycles. The van der Waals surface area contributed by atoms with Crippen LogP contribution in [0.3, 0.4) is 0 Å². The first kappa shape index (κ1) is 18.8. The second kappa shape index (κ2) is 7.56. The van der Waals surface area contributed by atoms with E-state index in [-0.39, 0.29) is 11.5 Å². The average Bonchev–Trinajstić information content (AvgIpc) is 3.10. The zero-order valence-corrected chi connectivity index (χ0v) is 16.8. The summed E-state index contributed by atoms with van der Waals surface area (Å²) in [6.45, 7) is 0. The number of benzene rings is 3. The van der Waals surface area contributed by atoms with Gasteiger partial charge in [-0.15, -0.1) is 0 Å². The molecule has 0 aliphatic carbocycles. The number of nitrogens with zero attached hydrogens (tertiary/aromatic N) is 4. The van der Waals surface area contributed by atoms with Gasteiger partial charge in [-0.2, -0.15) is 5.26 Å². The molecular weight excluding hydrogens is 410 g/mol. The largest absolute Gasteiger partial charge is 0.306 e. The molecule has 7 heteroatoms. The van der Waals surface area contributed by atoms with Crippen LogP contribution in [-0.2, 0) is 0 Å².